The van der Waals surface area contributed by atoms with Crippen LogP contribution in [0, 0.1) is 16.7 Å². The standard InChI is InChI=1S/C15H29NO2/c1-11-7-14(5,6)9-15(8-11,10-16)12(17)18-13(2,3)4/h11H,7-10,16H2,1-6H3. The zero-order valence-electron chi connectivity index (χ0n) is 12.8. The van der Waals surface area contributed by atoms with Gasteiger partial charge in [0.05, 0.1) is 5.41 Å². The van der Waals surface area contributed by atoms with Gasteiger partial charge < -0.3 is 10.5 Å². The lowest BCUT2D eigenvalue weighted by Gasteiger charge is -2.46. The summed E-state index contributed by atoms with van der Waals surface area (Å²) in [7, 11) is 0. The summed E-state index contributed by atoms with van der Waals surface area (Å²) in [4.78, 5) is 12.5. The molecule has 2 unspecified atom stereocenters. The van der Waals surface area contributed by atoms with Crippen molar-refractivity contribution in [3.8, 4) is 0 Å². The highest BCUT2D eigenvalue weighted by atomic mass is 16.6. The molecule has 18 heavy (non-hydrogen) atoms. The first-order valence-corrected chi connectivity index (χ1v) is 6.93. The Kier molecular flexibility index (Phi) is 4.16. The molecular weight excluding hydrogens is 226 g/mol. The molecule has 2 atom stereocenters. The molecule has 0 amide bonds. The minimum atomic E-state index is -0.492. The van der Waals surface area contributed by atoms with Crippen molar-refractivity contribution in [2.45, 2.75) is 66.4 Å². The highest BCUT2D eigenvalue weighted by molar-refractivity contribution is 5.78. The zero-order chi connectivity index (χ0) is 14.2. The number of ether oxygens (including phenoxy) is 1. The van der Waals surface area contributed by atoms with Gasteiger partial charge in [-0.05, 0) is 51.4 Å². The summed E-state index contributed by atoms with van der Waals surface area (Å²) in [5, 5.41) is 0. The molecule has 1 fully saturated rings. The molecule has 0 radical (unpaired) electrons. The highest BCUT2D eigenvalue weighted by Crippen LogP contribution is 2.49. The van der Waals surface area contributed by atoms with Gasteiger partial charge in [0.1, 0.15) is 5.60 Å². The normalized spacial score (nSPS) is 32.1. The van der Waals surface area contributed by atoms with Crippen molar-refractivity contribution >= 4 is 5.97 Å². The van der Waals surface area contributed by atoms with E-state index in [1.54, 1.807) is 0 Å². The van der Waals surface area contributed by atoms with Crippen LogP contribution >= 0.6 is 0 Å². The van der Waals surface area contributed by atoms with Gasteiger partial charge >= 0.3 is 5.97 Å². The molecule has 0 aromatic heterocycles. The molecule has 1 aliphatic rings. The summed E-state index contributed by atoms with van der Waals surface area (Å²) < 4.78 is 5.59. The van der Waals surface area contributed by atoms with Gasteiger partial charge in [0.15, 0.2) is 0 Å². The van der Waals surface area contributed by atoms with E-state index in [9.17, 15) is 4.79 Å². The van der Waals surface area contributed by atoms with Crippen LogP contribution in [0.4, 0.5) is 0 Å². The van der Waals surface area contributed by atoms with E-state index >= 15 is 0 Å². The van der Waals surface area contributed by atoms with Crippen molar-refractivity contribution in [1.82, 2.24) is 0 Å². The number of hydrogen-bond acceptors (Lipinski definition) is 3. The molecule has 1 rings (SSSR count). The summed E-state index contributed by atoms with van der Waals surface area (Å²) >= 11 is 0. The molecule has 0 heterocycles. The van der Waals surface area contributed by atoms with E-state index < -0.39 is 11.0 Å². The van der Waals surface area contributed by atoms with E-state index in [1.807, 2.05) is 20.8 Å². The van der Waals surface area contributed by atoms with Crippen LogP contribution < -0.4 is 5.73 Å². The lowest BCUT2D eigenvalue weighted by Crippen LogP contribution is -2.49. The maximum Gasteiger partial charge on any atom is 0.313 e. The van der Waals surface area contributed by atoms with Crippen LogP contribution in [0.25, 0.3) is 0 Å². The second-order valence-electron chi connectivity index (χ2n) is 7.84. The Labute approximate surface area is 111 Å². The Bertz CT molecular complexity index is 317. The molecule has 3 nitrogen and oxygen atoms in total. The van der Waals surface area contributed by atoms with Gasteiger partial charge in [0.2, 0.25) is 0 Å². The summed E-state index contributed by atoms with van der Waals surface area (Å²) in [5.74, 6) is 0.405. The third-order valence-electron chi connectivity index (χ3n) is 3.68. The largest absolute Gasteiger partial charge is 0.460 e. The number of rotatable bonds is 2. The molecule has 0 bridgehead atoms. The third kappa shape index (κ3) is 3.71. The van der Waals surface area contributed by atoms with Crippen molar-refractivity contribution in [2.24, 2.45) is 22.5 Å². The average molecular weight is 255 g/mol. The Morgan fingerprint density at radius 3 is 2.28 bits per heavy atom. The molecule has 0 saturated heterocycles. The summed E-state index contributed by atoms with van der Waals surface area (Å²) in [6, 6.07) is 0. The number of nitrogens with two attached hydrogens (primary N) is 1. The molecular formula is C15H29NO2. The maximum atomic E-state index is 12.5. The van der Waals surface area contributed by atoms with Crippen LogP contribution in [0.1, 0.15) is 60.8 Å². The molecule has 106 valence electrons. The van der Waals surface area contributed by atoms with Crippen molar-refractivity contribution < 1.29 is 9.53 Å². The number of carbonyl (C=O) groups excluding carboxylic acids is 1. The van der Waals surface area contributed by atoms with Gasteiger partial charge in [-0.1, -0.05) is 20.8 Å². The molecule has 0 aromatic carbocycles. The second kappa shape index (κ2) is 4.84. The van der Waals surface area contributed by atoms with Crippen molar-refractivity contribution in [2.75, 3.05) is 6.54 Å². The molecule has 2 N–H and O–H groups in total. The van der Waals surface area contributed by atoms with Gasteiger partial charge in [0.25, 0.3) is 0 Å². The number of esters is 1. The molecule has 0 aromatic rings. The van der Waals surface area contributed by atoms with Crippen molar-refractivity contribution in [3.63, 3.8) is 0 Å². The predicted molar refractivity (Wildman–Crippen MR) is 74.1 cm³/mol. The van der Waals surface area contributed by atoms with Crippen LogP contribution in [-0.2, 0) is 9.53 Å². The molecule has 0 aliphatic heterocycles. The fourth-order valence-electron chi connectivity index (χ4n) is 3.52. The Balaban J connectivity index is 2.94. The quantitative estimate of drug-likeness (QED) is 0.771. The lowest BCUT2D eigenvalue weighted by atomic mass is 9.60. The minimum absolute atomic E-state index is 0.114. The predicted octanol–water partition coefficient (Wildman–Crippen LogP) is 3.12. The van der Waals surface area contributed by atoms with E-state index in [2.05, 4.69) is 20.8 Å². The molecule has 1 aliphatic carbocycles. The second-order valence-corrected chi connectivity index (χ2v) is 7.84. The van der Waals surface area contributed by atoms with E-state index in [0.29, 0.717) is 12.5 Å². The van der Waals surface area contributed by atoms with Crippen LogP contribution in [0.15, 0.2) is 0 Å². The Hall–Kier alpha value is -0.570. The van der Waals surface area contributed by atoms with E-state index in [0.717, 1.165) is 19.3 Å². The fraction of sp³-hybridized carbons (Fsp3) is 0.933. The lowest BCUT2D eigenvalue weighted by molar-refractivity contribution is -0.173. The van der Waals surface area contributed by atoms with E-state index in [1.165, 1.54) is 0 Å². The monoisotopic (exact) mass is 255 g/mol. The van der Waals surface area contributed by atoms with Crippen LogP contribution in [0.5, 0.6) is 0 Å². The van der Waals surface area contributed by atoms with Crippen LogP contribution in [0.2, 0.25) is 0 Å². The van der Waals surface area contributed by atoms with Gasteiger partial charge in [-0.2, -0.15) is 0 Å². The highest BCUT2D eigenvalue weighted by Gasteiger charge is 2.48. The Morgan fingerprint density at radius 1 is 1.33 bits per heavy atom. The summed E-state index contributed by atoms with van der Waals surface area (Å²) in [6.07, 6.45) is 2.83. The maximum absolute atomic E-state index is 12.5. The van der Waals surface area contributed by atoms with Gasteiger partial charge in [-0.15, -0.1) is 0 Å². The van der Waals surface area contributed by atoms with Gasteiger partial charge in [-0.3, -0.25) is 4.79 Å². The summed E-state index contributed by atoms with van der Waals surface area (Å²) in [5.41, 5.74) is 5.17. The van der Waals surface area contributed by atoms with E-state index in [4.69, 9.17) is 10.5 Å². The number of hydrogen-bond donors (Lipinski definition) is 1. The number of carbonyl (C=O) groups is 1. The molecule has 3 heteroatoms. The Morgan fingerprint density at radius 2 is 1.89 bits per heavy atom. The van der Waals surface area contributed by atoms with Gasteiger partial charge in [-0.25, -0.2) is 0 Å². The average Bonchev–Trinajstić information content (AvgIpc) is 2.11. The zero-order valence-corrected chi connectivity index (χ0v) is 12.8. The molecule has 0 spiro atoms. The topological polar surface area (TPSA) is 52.3 Å². The van der Waals surface area contributed by atoms with Crippen LogP contribution in [0.3, 0.4) is 0 Å². The first-order valence-electron chi connectivity index (χ1n) is 6.93. The SMILES string of the molecule is CC1CC(C)(C)CC(CN)(C(=O)OC(C)(C)C)C1. The third-order valence-corrected chi connectivity index (χ3v) is 3.68. The van der Waals surface area contributed by atoms with Gasteiger partial charge in [0, 0.05) is 6.54 Å². The van der Waals surface area contributed by atoms with Crippen LogP contribution in [-0.4, -0.2) is 18.1 Å². The molecule has 1 saturated carbocycles. The minimum Gasteiger partial charge on any atom is -0.460 e. The fourth-order valence-corrected chi connectivity index (χ4v) is 3.52. The first-order chi connectivity index (χ1) is 8.00. The van der Waals surface area contributed by atoms with E-state index in [-0.39, 0.29) is 11.4 Å². The summed E-state index contributed by atoms with van der Waals surface area (Å²) in [6.45, 7) is 12.8. The first kappa shape index (κ1) is 15.5. The van der Waals surface area contributed by atoms with Crippen molar-refractivity contribution in [1.29, 1.82) is 0 Å². The van der Waals surface area contributed by atoms with Crippen molar-refractivity contribution in [3.05, 3.63) is 0 Å². The smallest absolute Gasteiger partial charge is 0.313 e.